The molecule has 1 fully saturated rings. The highest BCUT2D eigenvalue weighted by Gasteiger charge is 2.23. The Hall–Kier alpha value is -2.55. The molecule has 0 aromatic heterocycles. The maximum Gasteiger partial charge on any atom is 0.326 e. The van der Waals surface area contributed by atoms with Gasteiger partial charge in [-0.1, -0.05) is 30.3 Å². The third kappa shape index (κ3) is 4.34. The number of urea groups is 1. The molecule has 1 aliphatic heterocycles. The minimum atomic E-state index is -0.524. The summed E-state index contributed by atoms with van der Waals surface area (Å²) in [6.45, 7) is 2.80. The lowest BCUT2D eigenvalue weighted by Gasteiger charge is -2.15. The zero-order valence-electron chi connectivity index (χ0n) is 14.0. The van der Waals surface area contributed by atoms with Gasteiger partial charge < -0.3 is 14.8 Å². The normalized spacial score (nSPS) is 14.9. The van der Waals surface area contributed by atoms with E-state index in [0.29, 0.717) is 24.7 Å². The summed E-state index contributed by atoms with van der Waals surface area (Å²) in [7, 11) is 0. The number of nitrogens with one attached hydrogen (secondary N) is 2. The van der Waals surface area contributed by atoms with E-state index in [4.69, 9.17) is 9.47 Å². The molecular formula is C19H17IN2O4. The van der Waals surface area contributed by atoms with Crippen LogP contribution < -0.4 is 20.1 Å². The van der Waals surface area contributed by atoms with Crippen LogP contribution in [0.3, 0.4) is 0 Å². The van der Waals surface area contributed by atoms with Gasteiger partial charge in [0.1, 0.15) is 12.3 Å². The number of ether oxygens (including phenoxy) is 2. The molecule has 26 heavy (non-hydrogen) atoms. The van der Waals surface area contributed by atoms with Crippen molar-refractivity contribution in [2.24, 2.45) is 0 Å². The molecule has 0 aliphatic carbocycles. The lowest BCUT2D eigenvalue weighted by Crippen LogP contribution is -2.22. The number of rotatable bonds is 6. The summed E-state index contributed by atoms with van der Waals surface area (Å²) in [4.78, 5) is 22.9. The third-order valence-electron chi connectivity index (χ3n) is 3.59. The molecule has 2 aromatic carbocycles. The molecule has 0 bridgehead atoms. The van der Waals surface area contributed by atoms with Crippen LogP contribution in [0.5, 0.6) is 11.5 Å². The van der Waals surface area contributed by atoms with E-state index in [0.717, 1.165) is 14.7 Å². The average Bonchev–Trinajstić information content (AvgIpc) is 2.92. The number of benzene rings is 2. The second-order valence-corrected chi connectivity index (χ2v) is 6.67. The summed E-state index contributed by atoms with van der Waals surface area (Å²) < 4.78 is 12.5. The zero-order valence-corrected chi connectivity index (χ0v) is 16.2. The van der Waals surface area contributed by atoms with Crippen molar-refractivity contribution >= 4 is 40.6 Å². The van der Waals surface area contributed by atoms with Crippen LogP contribution in [0.25, 0.3) is 6.08 Å². The van der Waals surface area contributed by atoms with Gasteiger partial charge in [0.05, 0.1) is 10.2 Å². The molecular weight excluding hydrogens is 447 g/mol. The molecule has 0 saturated carbocycles. The summed E-state index contributed by atoms with van der Waals surface area (Å²) in [5.74, 6) is 0.789. The van der Waals surface area contributed by atoms with Crippen molar-refractivity contribution in [2.45, 2.75) is 13.5 Å². The summed E-state index contributed by atoms with van der Waals surface area (Å²) in [5.41, 5.74) is 1.99. The van der Waals surface area contributed by atoms with E-state index >= 15 is 0 Å². The second kappa shape index (κ2) is 8.22. The van der Waals surface area contributed by atoms with Gasteiger partial charge in [-0.05, 0) is 58.9 Å². The Bertz CT molecular complexity index is 865. The molecule has 3 amide bonds. The van der Waals surface area contributed by atoms with Gasteiger partial charge in [0.15, 0.2) is 11.5 Å². The first-order valence-corrected chi connectivity index (χ1v) is 9.11. The molecule has 1 saturated heterocycles. The van der Waals surface area contributed by atoms with Gasteiger partial charge in [0, 0.05) is 0 Å². The molecule has 2 aromatic rings. The zero-order chi connectivity index (χ0) is 18.5. The number of amides is 3. The SMILES string of the molecule is CCOc1cc(/C=C2/NC(=O)NC2=O)cc(I)c1OCc1ccccc1. The Labute approximate surface area is 164 Å². The molecule has 2 N–H and O–H groups in total. The van der Waals surface area contributed by atoms with E-state index in [9.17, 15) is 9.59 Å². The van der Waals surface area contributed by atoms with Crippen LogP contribution in [0, 0.1) is 3.57 Å². The van der Waals surface area contributed by atoms with Gasteiger partial charge in [-0.2, -0.15) is 0 Å². The molecule has 0 unspecified atom stereocenters. The van der Waals surface area contributed by atoms with Crippen molar-refractivity contribution in [3.8, 4) is 11.5 Å². The lowest BCUT2D eigenvalue weighted by molar-refractivity contribution is -0.115. The minimum absolute atomic E-state index is 0.200. The van der Waals surface area contributed by atoms with E-state index < -0.39 is 11.9 Å². The maximum absolute atomic E-state index is 11.7. The van der Waals surface area contributed by atoms with Crippen molar-refractivity contribution in [1.29, 1.82) is 0 Å². The monoisotopic (exact) mass is 464 g/mol. The summed E-state index contributed by atoms with van der Waals surface area (Å²) in [6.07, 6.45) is 1.60. The van der Waals surface area contributed by atoms with E-state index in [2.05, 4.69) is 33.2 Å². The van der Waals surface area contributed by atoms with Crippen LogP contribution >= 0.6 is 22.6 Å². The van der Waals surface area contributed by atoms with E-state index in [1.807, 2.05) is 43.3 Å². The first-order valence-electron chi connectivity index (χ1n) is 8.04. The van der Waals surface area contributed by atoms with Crippen LogP contribution in [0.15, 0.2) is 48.2 Å². The fraction of sp³-hybridized carbons (Fsp3) is 0.158. The highest BCUT2D eigenvalue weighted by atomic mass is 127. The standard InChI is InChI=1S/C19H17IN2O4/c1-2-25-16-10-13(9-15-18(23)22-19(24)21-15)8-14(20)17(16)26-11-12-6-4-3-5-7-12/h3-10H,2,11H2,1H3,(H2,21,22,23,24)/b15-9+. The van der Waals surface area contributed by atoms with Gasteiger partial charge >= 0.3 is 6.03 Å². The Morgan fingerprint density at radius 3 is 2.50 bits per heavy atom. The summed E-state index contributed by atoms with van der Waals surface area (Å²) in [5, 5.41) is 4.65. The number of carbonyl (C=O) groups is 2. The molecule has 6 nitrogen and oxygen atoms in total. The van der Waals surface area contributed by atoms with Gasteiger partial charge in [0.2, 0.25) is 0 Å². The molecule has 0 spiro atoms. The highest BCUT2D eigenvalue weighted by molar-refractivity contribution is 14.1. The number of halogens is 1. The van der Waals surface area contributed by atoms with Crippen LogP contribution in [0.2, 0.25) is 0 Å². The fourth-order valence-electron chi connectivity index (χ4n) is 2.45. The minimum Gasteiger partial charge on any atom is -0.490 e. The van der Waals surface area contributed by atoms with Crippen molar-refractivity contribution < 1.29 is 19.1 Å². The van der Waals surface area contributed by atoms with Crippen LogP contribution in [0.1, 0.15) is 18.1 Å². The van der Waals surface area contributed by atoms with Gasteiger partial charge in [-0.3, -0.25) is 10.1 Å². The Morgan fingerprint density at radius 1 is 1.08 bits per heavy atom. The Kier molecular flexibility index (Phi) is 5.77. The topological polar surface area (TPSA) is 76.7 Å². The number of hydrogen-bond donors (Lipinski definition) is 2. The molecule has 0 radical (unpaired) electrons. The molecule has 1 aliphatic rings. The van der Waals surface area contributed by atoms with Crippen LogP contribution in [-0.4, -0.2) is 18.5 Å². The number of carbonyl (C=O) groups excluding carboxylic acids is 2. The Morgan fingerprint density at radius 2 is 1.85 bits per heavy atom. The largest absolute Gasteiger partial charge is 0.490 e. The van der Waals surface area contributed by atoms with Crippen molar-refractivity contribution in [3.63, 3.8) is 0 Å². The van der Waals surface area contributed by atoms with Crippen LogP contribution in [-0.2, 0) is 11.4 Å². The first-order chi connectivity index (χ1) is 12.6. The van der Waals surface area contributed by atoms with Gasteiger partial charge in [-0.15, -0.1) is 0 Å². The quantitative estimate of drug-likeness (QED) is 0.390. The third-order valence-corrected chi connectivity index (χ3v) is 4.39. The predicted molar refractivity (Wildman–Crippen MR) is 106 cm³/mol. The number of imide groups is 1. The van der Waals surface area contributed by atoms with Gasteiger partial charge in [0.25, 0.3) is 5.91 Å². The lowest BCUT2D eigenvalue weighted by atomic mass is 10.1. The first kappa shape index (κ1) is 18.2. The highest BCUT2D eigenvalue weighted by Crippen LogP contribution is 2.35. The number of hydrogen-bond acceptors (Lipinski definition) is 4. The molecule has 0 atom stereocenters. The Balaban J connectivity index is 1.87. The van der Waals surface area contributed by atoms with E-state index in [1.165, 1.54) is 0 Å². The molecule has 7 heteroatoms. The smallest absolute Gasteiger partial charge is 0.326 e. The summed E-state index contributed by atoms with van der Waals surface area (Å²) in [6, 6.07) is 13.0. The average molecular weight is 464 g/mol. The van der Waals surface area contributed by atoms with E-state index in [-0.39, 0.29) is 5.70 Å². The van der Waals surface area contributed by atoms with Crippen molar-refractivity contribution in [1.82, 2.24) is 10.6 Å². The second-order valence-electron chi connectivity index (χ2n) is 5.50. The van der Waals surface area contributed by atoms with Crippen molar-refractivity contribution in [3.05, 3.63) is 62.9 Å². The predicted octanol–water partition coefficient (Wildman–Crippen LogP) is 3.45. The fourth-order valence-corrected chi connectivity index (χ4v) is 3.23. The van der Waals surface area contributed by atoms with Crippen molar-refractivity contribution in [2.75, 3.05) is 6.61 Å². The maximum atomic E-state index is 11.7. The van der Waals surface area contributed by atoms with E-state index in [1.54, 1.807) is 12.1 Å². The van der Waals surface area contributed by atoms with Gasteiger partial charge in [-0.25, -0.2) is 4.79 Å². The molecule has 3 rings (SSSR count). The summed E-state index contributed by atoms with van der Waals surface area (Å²) >= 11 is 2.17. The van der Waals surface area contributed by atoms with Crippen LogP contribution in [0.4, 0.5) is 4.79 Å². The molecule has 1 heterocycles. The molecule has 134 valence electrons.